The van der Waals surface area contributed by atoms with Gasteiger partial charge in [-0.1, -0.05) is 309 Å². The summed E-state index contributed by atoms with van der Waals surface area (Å²) in [5.74, 6) is 0. The molecule has 0 saturated heterocycles. The van der Waals surface area contributed by atoms with Crippen LogP contribution in [0.2, 0.25) is 18.1 Å². The zero-order valence-electron chi connectivity index (χ0n) is 36.6. The molecule has 0 aliphatic heterocycles. The van der Waals surface area contributed by atoms with E-state index in [1.807, 2.05) is 0 Å². The molecule has 0 aromatic heterocycles. The molecular weight excluding hydrogens is 629 g/mol. The highest BCUT2D eigenvalue weighted by atomic mass is 28.3. The van der Waals surface area contributed by atoms with Crippen molar-refractivity contribution in [2.75, 3.05) is 0 Å². The van der Waals surface area contributed by atoms with Crippen LogP contribution in [0, 0.1) is 0 Å². The monoisotopic (exact) mass is 731 g/mol. The Morgan fingerprint density at radius 3 is 0.510 bits per heavy atom. The van der Waals surface area contributed by atoms with Crippen molar-refractivity contribution >= 4 is 8.07 Å². The van der Waals surface area contributed by atoms with Crippen molar-refractivity contribution < 1.29 is 0 Å². The fourth-order valence-corrected chi connectivity index (χ4v) is 12.9. The predicted octanol–water partition coefficient (Wildman–Crippen LogP) is 19.6. The summed E-state index contributed by atoms with van der Waals surface area (Å²) < 4.78 is 0. The SMILES string of the molecule is C=C[Si](CCCCCCCCCCCCCCCC)(CCCCCCCCCCCCCCCC)CCCCCCCCCCCCCCCC. The average molecular weight is 731 g/mol. The second-order valence-corrected chi connectivity index (χ2v) is 22.2. The molecule has 0 spiro atoms. The lowest BCUT2D eigenvalue weighted by molar-refractivity contribution is 0.535. The number of hydrogen-bond donors (Lipinski definition) is 0. The van der Waals surface area contributed by atoms with Crippen LogP contribution >= 0.6 is 0 Å². The summed E-state index contributed by atoms with van der Waals surface area (Å²) in [6.45, 7) is 11.5. The lowest BCUT2D eigenvalue weighted by atomic mass is 10.0. The Balaban J connectivity index is 4.21. The molecule has 0 heterocycles. The van der Waals surface area contributed by atoms with Crippen LogP contribution in [-0.4, -0.2) is 8.07 Å². The summed E-state index contributed by atoms with van der Waals surface area (Å²) in [5, 5.41) is 0. The predicted molar refractivity (Wildman–Crippen MR) is 241 cm³/mol. The van der Waals surface area contributed by atoms with Gasteiger partial charge >= 0.3 is 0 Å². The van der Waals surface area contributed by atoms with Crippen LogP contribution in [0.1, 0.15) is 290 Å². The Morgan fingerprint density at radius 2 is 0.373 bits per heavy atom. The average Bonchev–Trinajstić information content (AvgIpc) is 3.14. The molecule has 0 fully saturated rings. The van der Waals surface area contributed by atoms with Gasteiger partial charge < -0.3 is 0 Å². The molecule has 0 aromatic carbocycles. The summed E-state index contributed by atoms with van der Waals surface area (Å²) in [4.78, 5) is 0. The minimum Gasteiger partial charge on any atom is -0.107 e. The summed E-state index contributed by atoms with van der Waals surface area (Å²) in [5.41, 5.74) is 2.58. The van der Waals surface area contributed by atoms with Crippen LogP contribution in [0.4, 0.5) is 0 Å². The third-order valence-corrected chi connectivity index (χ3v) is 17.4. The summed E-state index contributed by atoms with van der Waals surface area (Å²) in [6.07, 6.45) is 61.8. The molecule has 306 valence electrons. The maximum atomic E-state index is 4.55. The molecule has 0 aliphatic rings. The molecule has 0 rings (SSSR count). The van der Waals surface area contributed by atoms with Gasteiger partial charge in [0.2, 0.25) is 0 Å². The van der Waals surface area contributed by atoms with E-state index in [0.29, 0.717) is 0 Å². The number of rotatable bonds is 46. The normalized spacial score (nSPS) is 11.9. The van der Waals surface area contributed by atoms with Gasteiger partial charge in [0.25, 0.3) is 0 Å². The van der Waals surface area contributed by atoms with Crippen molar-refractivity contribution in [2.45, 2.75) is 309 Å². The van der Waals surface area contributed by atoms with E-state index in [0.717, 1.165) is 0 Å². The highest BCUT2D eigenvalue weighted by Crippen LogP contribution is 2.31. The van der Waals surface area contributed by atoms with Crippen LogP contribution in [0.25, 0.3) is 0 Å². The lowest BCUT2D eigenvalue weighted by Gasteiger charge is -2.29. The molecule has 0 nitrogen and oxygen atoms in total. The topological polar surface area (TPSA) is 0 Å². The van der Waals surface area contributed by atoms with E-state index in [1.165, 1.54) is 270 Å². The fourth-order valence-electron chi connectivity index (χ4n) is 8.70. The zero-order chi connectivity index (χ0) is 37.0. The van der Waals surface area contributed by atoms with Crippen molar-refractivity contribution in [2.24, 2.45) is 0 Å². The maximum Gasteiger partial charge on any atom is 0.0770 e. The molecule has 0 radical (unpaired) electrons. The molecule has 0 N–H and O–H groups in total. The molecule has 1 heteroatoms. The number of hydrogen-bond acceptors (Lipinski definition) is 0. The van der Waals surface area contributed by atoms with Gasteiger partial charge in [-0.05, 0) is 0 Å². The summed E-state index contributed by atoms with van der Waals surface area (Å²) >= 11 is 0. The maximum absolute atomic E-state index is 4.55. The summed E-state index contributed by atoms with van der Waals surface area (Å²) in [7, 11) is -1.31. The standard InChI is InChI=1S/C50H102Si/c1-5-9-12-15-18-21-24-27-30-33-36-39-42-45-48-51(8-4,49-46-43-40-37-34-31-28-25-22-19-16-13-10-6-2)50-47-44-41-38-35-32-29-26-23-20-17-14-11-7-3/h8H,4-7,9-50H2,1-3H3. The molecule has 0 bridgehead atoms. The minimum atomic E-state index is -1.31. The van der Waals surface area contributed by atoms with Gasteiger partial charge in [0.15, 0.2) is 0 Å². The molecule has 0 amide bonds. The van der Waals surface area contributed by atoms with Crippen LogP contribution in [-0.2, 0) is 0 Å². The summed E-state index contributed by atoms with van der Waals surface area (Å²) in [6, 6.07) is 4.64. The minimum absolute atomic E-state index is 1.31. The molecule has 0 aliphatic carbocycles. The quantitative estimate of drug-likeness (QED) is 0.0432. The van der Waals surface area contributed by atoms with Crippen molar-refractivity contribution in [3.63, 3.8) is 0 Å². The smallest absolute Gasteiger partial charge is 0.0770 e. The van der Waals surface area contributed by atoms with Crippen molar-refractivity contribution in [3.8, 4) is 0 Å². The Hall–Kier alpha value is -0.0431. The Morgan fingerprint density at radius 1 is 0.235 bits per heavy atom. The molecule has 0 aromatic rings. The largest absolute Gasteiger partial charge is 0.107 e. The number of unbranched alkanes of at least 4 members (excludes halogenated alkanes) is 39. The van der Waals surface area contributed by atoms with Crippen molar-refractivity contribution in [1.82, 2.24) is 0 Å². The van der Waals surface area contributed by atoms with E-state index < -0.39 is 8.07 Å². The Labute approximate surface area is 327 Å². The molecule has 0 atom stereocenters. The van der Waals surface area contributed by atoms with Crippen molar-refractivity contribution in [3.05, 3.63) is 12.3 Å². The van der Waals surface area contributed by atoms with Gasteiger partial charge in [0, 0.05) is 0 Å². The van der Waals surface area contributed by atoms with Gasteiger partial charge in [-0.3, -0.25) is 0 Å². The van der Waals surface area contributed by atoms with Crippen LogP contribution in [0.3, 0.4) is 0 Å². The first-order valence-corrected chi connectivity index (χ1v) is 27.6. The third kappa shape index (κ3) is 39.5. The Kier molecular flexibility index (Phi) is 44.3. The van der Waals surface area contributed by atoms with Crippen LogP contribution in [0.15, 0.2) is 12.3 Å². The first-order valence-electron chi connectivity index (χ1n) is 24.9. The van der Waals surface area contributed by atoms with E-state index in [-0.39, 0.29) is 0 Å². The van der Waals surface area contributed by atoms with Gasteiger partial charge in [-0.15, -0.1) is 12.3 Å². The fraction of sp³-hybridized carbons (Fsp3) is 0.960. The molecule has 0 unspecified atom stereocenters. The Bertz CT molecular complexity index is 546. The second kappa shape index (κ2) is 44.4. The van der Waals surface area contributed by atoms with E-state index in [9.17, 15) is 0 Å². The molecule has 51 heavy (non-hydrogen) atoms. The highest BCUT2D eigenvalue weighted by Gasteiger charge is 2.27. The van der Waals surface area contributed by atoms with E-state index >= 15 is 0 Å². The first-order chi connectivity index (χ1) is 25.2. The second-order valence-electron chi connectivity index (χ2n) is 17.6. The van der Waals surface area contributed by atoms with Crippen molar-refractivity contribution in [1.29, 1.82) is 0 Å². The van der Waals surface area contributed by atoms with Crippen LogP contribution in [0.5, 0.6) is 0 Å². The first kappa shape index (κ1) is 51.0. The van der Waals surface area contributed by atoms with Gasteiger partial charge in [0.05, 0.1) is 8.07 Å². The van der Waals surface area contributed by atoms with Gasteiger partial charge in [-0.2, -0.15) is 0 Å². The lowest BCUT2D eigenvalue weighted by Crippen LogP contribution is -2.31. The van der Waals surface area contributed by atoms with Crippen LogP contribution < -0.4 is 0 Å². The van der Waals surface area contributed by atoms with Gasteiger partial charge in [0.1, 0.15) is 0 Å². The van der Waals surface area contributed by atoms with Gasteiger partial charge in [-0.25, -0.2) is 0 Å². The van der Waals surface area contributed by atoms with E-state index in [2.05, 4.69) is 33.0 Å². The van der Waals surface area contributed by atoms with E-state index in [1.54, 1.807) is 18.1 Å². The van der Waals surface area contributed by atoms with E-state index in [4.69, 9.17) is 0 Å². The third-order valence-electron chi connectivity index (χ3n) is 12.5. The molecular formula is C50H102Si. The highest BCUT2D eigenvalue weighted by molar-refractivity contribution is 6.84. The molecule has 0 saturated carbocycles. The zero-order valence-corrected chi connectivity index (χ0v) is 37.6.